The van der Waals surface area contributed by atoms with Gasteiger partial charge < -0.3 is 35.0 Å². The molecule has 2 fully saturated rings. The number of nitrogens with two attached hydrogens (primary N) is 1. The third-order valence-corrected chi connectivity index (χ3v) is 8.41. The van der Waals surface area contributed by atoms with E-state index in [1.54, 1.807) is 16.8 Å². The van der Waals surface area contributed by atoms with Crippen LogP contribution in [0.1, 0.15) is 45.2 Å². The maximum absolute atomic E-state index is 12.5. The van der Waals surface area contributed by atoms with Crippen molar-refractivity contribution in [1.82, 2.24) is 29.4 Å². The van der Waals surface area contributed by atoms with Gasteiger partial charge in [0.1, 0.15) is 47.7 Å². The number of rotatable bonds is 9. The highest BCUT2D eigenvalue weighted by atomic mass is 19.4. The molecule has 1 saturated heterocycles. The molecule has 11 nitrogen and oxygen atoms in total. The number of ether oxygens (including phenoxy) is 2. The second kappa shape index (κ2) is 11.0. The van der Waals surface area contributed by atoms with E-state index in [9.17, 15) is 23.4 Å². The third-order valence-electron chi connectivity index (χ3n) is 8.41. The zero-order valence-electron chi connectivity index (χ0n) is 23.2. The molecule has 5 N–H and O–H groups in total. The summed E-state index contributed by atoms with van der Waals surface area (Å²) in [5, 5.41) is 22.4. The highest BCUT2D eigenvalue weighted by Crippen LogP contribution is 2.39. The number of aliphatic hydroxyl groups excluding tert-OH is 2. The number of anilines is 1. The van der Waals surface area contributed by atoms with E-state index in [0.29, 0.717) is 52.8 Å². The number of benzene rings is 1. The van der Waals surface area contributed by atoms with Gasteiger partial charge in [-0.1, -0.05) is 0 Å². The lowest BCUT2D eigenvalue weighted by molar-refractivity contribution is -0.274. The fraction of sp³-hybridized carbons (Fsp3) is 0.536. The Kier molecular flexibility index (Phi) is 7.50. The summed E-state index contributed by atoms with van der Waals surface area (Å²) >= 11 is 0. The van der Waals surface area contributed by atoms with Gasteiger partial charge in [0.05, 0.1) is 16.4 Å². The van der Waals surface area contributed by atoms with Crippen LogP contribution >= 0.6 is 0 Å². The number of fused-ring (bicyclic) bond motifs is 2. The molecule has 0 radical (unpaired) electrons. The quantitative estimate of drug-likeness (QED) is 0.230. The van der Waals surface area contributed by atoms with Crippen molar-refractivity contribution in [2.24, 2.45) is 5.92 Å². The Bertz CT molecular complexity index is 1550. The van der Waals surface area contributed by atoms with Crippen LogP contribution in [-0.2, 0) is 11.2 Å². The molecular formula is C28H34F3N7O4. The monoisotopic (exact) mass is 589 g/mol. The summed E-state index contributed by atoms with van der Waals surface area (Å²) in [6.07, 6.45) is -1.75. The number of aryl methyl sites for hydroxylation is 1. The van der Waals surface area contributed by atoms with Crippen LogP contribution in [0.2, 0.25) is 0 Å². The van der Waals surface area contributed by atoms with E-state index < -0.39 is 30.9 Å². The van der Waals surface area contributed by atoms with Crippen molar-refractivity contribution in [2.75, 3.05) is 12.3 Å². The van der Waals surface area contributed by atoms with Gasteiger partial charge in [0.25, 0.3) is 0 Å². The Labute approximate surface area is 239 Å². The van der Waals surface area contributed by atoms with E-state index in [1.807, 2.05) is 0 Å². The van der Waals surface area contributed by atoms with Gasteiger partial charge in [0.15, 0.2) is 6.23 Å². The van der Waals surface area contributed by atoms with Crippen LogP contribution in [0.5, 0.6) is 5.75 Å². The van der Waals surface area contributed by atoms with Gasteiger partial charge in [-0.25, -0.2) is 15.0 Å². The molecule has 2 aliphatic rings. The molecule has 3 aromatic heterocycles. The Balaban J connectivity index is 1.04. The fourth-order valence-corrected chi connectivity index (χ4v) is 6.20. The molecule has 1 unspecified atom stereocenters. The third kappa shape index (κ3) is 5.63. The molecule has 4 heterocycles. The Morgan fingerprint density at radius 1 is 1.19 bits per heavy atom. The van der Waals surface area contributed by atoms with Crippen LogP contribution in [0.25, 0.3) is 22.1 Å². The first-order chi connectivity index (χ1) is 20.0. The number of hydrogen-bond donors (Lipinski definition) is 4. The summed E-state index contributed by atoms with van der Waals surface area (Å²) in [4.78, 5) is 18.2. The predicted molar refractivity (Wildman–Crippen MR) is 147 cm³/mol. The molecule has 1 aliphatic heterocycles. The van der Waals surface area contributed by atoms with Gasteiger partial charge in [-0.3, -0.25) is 4.90 Å². The zero-order valence-corrected chi connectivity index (χ0v) is 23.2. The lowest BCUT2D eigenvalue weighted by atomic mass is 9.76. The molecule has 6 rings (SSSR count). The number of aliphatic hydroxyl groups is 2. The molecule has 1 saturated carbocycles. The average molecular weight is 590 g/mol. The van der Waals surface area contributed by atoms with Gasteiger partial charge in [-0.05, 0) is 57.2 Å². The highest BCUT2D eigenvalue weighted by molar-refractivity contribution is 5.86. The molecule has 14 heteroatoms. The van der Waals surface area contributed by atoms with Crippen molar-refractivity contribution in [1.29, 1.82) is 0 Å². The van der Waals surface area contributed by atoms with E-state index in [2.05, 4.69) is 43.4 Å². The van der Waals surface area contributed by atoms with Crippen LogP contribution in [0.3, 0.4) is 0 Å². The molecular weight excluding hydrogens is 555 g/mol. The number of aromatic nitrogens is 5. The fourth-order valence-electron chi connectivity index (χ4n) is 6.20. The smallest absolute Gasteiger partial charge is 0.406 e. The van der Waals surface area contributed by atoms with Gasteiger partial charge in [0, 0.05) is 37.3 Å². The van der Waals surface area contributed by atoms with E-state index in [0.717, 1.165) is 25.1 Å². The van der Waals surface area contributed by atoms with Crippen molar-refractivity contribution in [2.45, 2.75) is 82.5 Å². The van der Waals surface area contributed by atoms with Crippen molar-refractivity contribution in [3.63, 3.8) is 0 Å². The Hall–Kier alpha value is -3.46. The van der Waals surface area contributed by atoms with Gasteiger partial charge in [-0.15, -0.1) is 13.2 Å². The number of alkyl halides is 3. The van der Waals surface area contributed by atoms with Crippen molar-refractivity contribution < 1.29 is 32.9 Å². The number of nitrogens with one attached hydrogen (secondary N) is 1. The number of halogens is 3. The highest BCUT2D eigenvalue weighted by Gasteiger charge is 2.46. The normalized spacial score (nSPS) is 26.5. The number of hydrogen-bond acceptors (Lipinski definition) is 9. The number of H-pyrrole nitrogens is 1. The molecule has 4 aromatic rings. The molecule has 0 amide bonds. The predicted octanol–water partition coefficient (Wildman–Crippen LogP) is 3.53. The van der Waals surface area contributed by atoms with Crippen LogP contribution < -0.4 is 10.5 Å². The summed E-state index contributed by atoms with van der Waals surface area (Å²) < 4.78 is 49.5. The van der Waals surface area contributed by atoms with Gasteiger partial charge in [-0.2, -0.15) is 0 Å². The van der Waals surface area contributed by atoms with E-state index in [4.69, 9.17) is 10.5 Å². The molecule has 42 heavy (non-hydrogen) atoms. The molecule has 0 bridgehead atoms. The minimum Gasteiger partial charge on any atom is -0.406 e. The first kappa shape index (κ1) is 28.6. The van der Waals surface area contributed by atoms with E-state index in [-0.39, 0.29) is 11.8 Å². The van der Waals surface area contributed by atoms with Crippen LogP contribution in [0, 0.1) is 5.92 Å². The van der Waals surface area contributed by atoms with Crippen LogP contribution in [0.15, 0.2) is 36.8 Å². The van der Waals surface area contributed by atoms with E-state index >= 15 is 0 Å². The lowest BCUT2D eigenvalue weighted by Gasteiger charge is -2.46. The van der Waals surface area contributed by atoms with Crippen LogP contribution in [-0.4, -0.2) is 82.9 Å². The topological polar surface area (TPSA) is 148 Å². The maximum Gasteiger partial charge on any atom is 0.573 e. The standard InChI is InChI=1S/C28H34F3N7O4/c1-14(2)38(12-21-23(39)24(40)27(41-21)37-8-7-18-25(32)33-13-34-26(18)37)16-9-15(10-16)3-6-22-35-19-5-4-17(11-20(19)36-22)42-28(29,30)31/h4-5,7-8,11,13-16,21,23-24,27,39-40H,3,6,9-10,12H2,1-2H3,(H,35,36)(H2,32,33,34)/t15?,16?,21?,23-,24-,27-/m1/s1. The summed E-state index contributed by atoms with van der Waals surface area (Å²) in [7, 11) is 0. The zero-order chi connectivity index (χ0) is 29.8. The largest absolute Gasteiger partial charge is 0.573 e. The number of aromatic amines is 1. The van der Waals surface area contributed by atoms with Gasteiger partial charge >= 0.3 is 6.36 Å². The first-order valence-electron chi connectivity index (χ1n) is 14.1. The summed E-state index contributed by atoms with van der Waals surface area (Å²) in [5.74, 6) is 1.25. The first-order valence-corrected chi connectivity index (χ1v) is 14.1. The lowest BCUT2D eigenvalue weighted by Crippen LogP contribution is -2.52. The number of imidazole rings is 1. The second-order valence-corrected chi connectivity index (χ2v) is 11.5. The second-order valence-electron chi connectivity index (χ2n) is 11.5. The van der Waals surface area contributed by atoms with Crippen molar-refractivity contribution in [3.05, 3.63) is 42.6 Å². The molecule has 226 valence electrons. The molecule has 1 aliphatic carbocycles. The Morgan fingerprint density at radius 2 is 1.98 bits per heavy atom. The Morgan fingerprint density at radius 3 is 2.71 bits per heavy atom. The maximum atomic E-state index is 12.5. The minimum atomic E-state index is -4.74. The van der Waals surface area contributed by atoms with Gasteiger partial charge in [0.2, 0.25) is 0 Å². The number of nitrogen functional groups attached to an aromatic ring is 1. The average Bonchev–Trinajstić information content (AvgIpc) is 3.58. The molecule has 1 aromatic carbocycles. The summed E-state index contributed by atoms with van der Waals surface area (Å²) in [6.45, 7) is 4.67. The minimum absolute atomic E-state index is 0.200. The SMILES string of the molecule is CC(C)N(CC1O[C@@H](n2ccc3c(N)ncnc32)[C@H](O)[C@@H]1O)C1CC(CCc2nc3ccc(OC(F)(F)F)cc3[nH]2)C1. The number of nitrogens with zero attached hydrogens (tertiary/aromatic N) is 5. The van der Waals surface area contributed by atoms with Crippen molar-refractivity contribution >= 4 is 27.9 Å². The summed E-state index contributed by atoms with van der Waals surface area (Å²) in [5.41, 5.74) is 7.58. The van der Waals surface area contributed by atoms with Crippen molar-refractivity contribution in [3.8, 4) is 5.75 Å². The summed E-state index contributed by atoms with van der Waals surface area (Å²) in [6, 6.07) is 6.35. The van der Waals surface area contributed by atoms with E-state index in [1.165, 1.54) is 24.5 Å². The molecule has 4 atom stereocenters. The van der Waals surface area contributed by atoms with Crippen LogP contribution in [0.4, 0.5) is 19.0 Å². The molecule has 0 spiro atoms.